The number of phenols is 1. The second kappa shape index (κ2) is 7.60. The van der Waals surface area contributed by atoms with Crippen molar-refractivity contribution in [1.29, 1.82) is 0 Å². The Bertz CT molecular complexity index is 549. The number of hydrogen-bond acceptors (Lipinski definition) is 8. The van der Waals surface area contributed by atoms with E-state index < -0.39 is 32.8 Å². The fourth-order valence-corrected chi connectivity index (χ4v) is 4.21. The summed E-state index contributed by atoms with van der Waals surface area (Å²) in [5, 5.41) is 36.6. The Morgan fingerprint density at radius 2 is 2.14 bits per heavy atom. The molecule has 21 heavy (non-hydrogen) atoms. The number of carbonyl (C=O) groups excluding carboxylic acids is 1. The van der Waals surface area contributed by atoms with Gasteiger partial charge in [0.15, 0.2) is 0 Å². The van der Waals surface area contributed by atoms with Gasteiger partial charge >= 0.3 is 122 Å². The molecule has 0 fully saturated rings. The molecule has 0 bridgehead atoms. The van der Waals surface area contributed by atoms with Crippen LogP contribution in [0.1, 0.15) is 12.5 Å². The molecule has 118 valence electrons. The van der Waals surface area contributed by atoms with Crippen LogP contribution in [0.25, 0.3) is 0 Å². The number of nitrogens with one attached hydrogen (secondary N) is 1. The first-order chi connectivity index (χ1) is 9.82. The first-order valence-electron chi connectivity index (χ1n) is 5.82. The summed E-state index contributed by atoms with van der Waals surface area (Å²) in [4.78, 5) is 10.8. The molecule has 9 nitrogen and oxygen atoms in total. The Morgan fingerprint density at radius 3 is 2.67 bits per heavy atom. The molecule has 2 atom stereocenters. The molecule has 0 aliphatic carbocycles. The average molecular weight is 365 g/mol. The van der Waals surface area contributed by atoms with Crippen molar-refractivity contribution in [3.63, 3.8) is 0 Å². The van der Waals surface area contributed by atoms with Crippen molar-refractivity contribution >= 4 is 24.4 Å². The molecule has 1 rings (SSSR count). The van der Waals surface area contributed by atoms with Crippen LogP contribution < -0.4 is 9.83 Å². The van der Waals surface area contributed by atoms with E-state index in [1.807, 2.05) is 0 Å². The first kappa shape index (κ1) is 17.7. The van der Waals surface area contributed by atoms with E-state index in [2.05, 4.69) is 7.70 Å². The van der Waals surface area contributed by atoms with Crippen LogP contribution in [-0.4, -0.2) is 53.4 Å². The molecule has 10 heteroatoms. The van der Waals surface area contributed by atoms with Gasteiger partial charge in [0, 0.05) is 0 Å². The molecular weight excluding hydrogens is 349 g/mol. The second-order valence-corrected chi connectivity index (χ2v) is 8.01. The van der Waals surface area contributed by atoms with E-state index >= 15 is 0 Å². The van der Waals surface area contributed by atoms with E-state index in [1.54, 1.807) is 5.48 Å². The maximum absolute atomic E-state index is 12.4. The minimum atomic E-state index is -5.09. The minimum absolute atomic E-state index is 0.121. The molecule has 0 spiro atoms. The summed E-state index contributed by atoms with van der Waals surface area (Å²) < 4.78 is 20.8. The third-order valence-corrected chi connectivity index (χ3v) is 5.71. The van der Waals surface area contributed by atoms with Crippen molar-refractivity contribution in [2.45, 2.75) is 19.4 Å². The third kappa shape index (κ3) is 4.85. The normalized spacial score (nSPS) is 15.2. The van der Waals surface area contributed by atoms with Gasteiger partial charge in [-0.25, -0.2) is 0 Å². The number of aliphatic hydroxyl groups excluding tert-OH is 2. The summed E-state index contributed by atoms with van der Waals surface area (Å²) >= 11 is -5.09. The number of rotatable bonds is 7. The van der Waals surface area contributed by atoms with Gasteiger partial charge in [0.1, 0.15) is 0 Å². The number of carbonyl (C=O) groups is 1. The Kier molecular flexibility index (Phi) is 6.40. The molecule has 0 heterocycles. The Labute approximate surface area is 123 Å². The van der Waals surface area contributed by atoms with Gasteiger partial charge in [0.05, 0.1) is 0 Å². The molecule has 1 aromatic rings. The molecule has 0 saturated carbocycles. The van der Waals surface area contributed by atoms with Gasteiger partial charge in [-0.3, -0.25) is 0 Å². The molecule has 5 N–H and O–H groups in total. The van der Waals surface area contributed by atoms with E-state index in [-0.39, 0.29) is 22.1 Å². The summed E-state index contributed by atoms with van der Waals surface area (Å²) in [7, 11) is 0. The topological polar surface area (TPSA) is 146 Å². The van der Waals surface area contributed by atoms with Crippen molar-refractivity contribution in [2.24, 2.45) is 0 Å². The average Bonchev–Trinajstić information content (AvgIpc) is 2.46. The fourth-order valence-electron chi connectivity index (χ4n) is 1.53. The van der Waals surface area contributed by atoms with Gasteiger partial charge in [-0.1, -0.05) is 0 Å². The zero-order valence-corrected chi connectivity index (χ0v) is 13.0. The Balaban J connectivity index is 3.20. The number of phenolic OH excluding ortho intramolecular Hbond substituents is 1. The van der Waals surface area contributed by atoms with Crippen molar-refractivity contribution in [3.8, 4) is 5.75 Å². The predicted molar refractivity (Wildman–Crippen MR) is 69.6 cm³/mol. The van der Waals surface area contributed by atoms with Crippen LogP contribution in [0, 0.1) is 0 Å². The number of aromatic hydroxyl groups is 1. The molecule has 1 amide bonds. The van der Waals surface area contributed by atoms with Crippen LogP contribution >= 0.6 is 0 Å². The first-order valence-corrected chi connectivity index (χ1v) is 9.05. The van der Waals surface area contributed by atoms with E-state index in [9.17, 15) is 18.7 Å². The maximum atomic E-state index is 12.4. The van der Waals surface area contributed by atoms with Crippen LogP contribution in [0.15, 0.2) is 18.2 Å². The van der Waals surface area contributed by atoms with Crippen molar-refractivity contribution in [1.82, 2.24) is 5.48 Å². The summed E-state index contributed by atoms with van der Waals surface area (Å²) in [5.74, 6) is -0.955. The van der Waals surface area contributed by atoms with Crippen molar-refractivity contribution < 1.29 is 36.8 Å². The van der Waals surface area contributed by atoms with Crippen LogP contribution in [0.3, 0.4) is 0 Å². The second-order valence-electron chi connectivity index (χ2n) is 4.18. The van der Waals surface area contributed by atoms with E-state index in [0.29, 0.717) is 0 Å². The number of benzene rings is 1. The summed E-state index contributed by atoms with van der Waals surface area (Å²) in [6, 6.07) is 3.62. The van der Waals surface area contributed by atoms with Crippen molar-refractivity contribution in [2.75, 3.05) is 6.61 Å². The van der Waals surface area contributed by atoms with Gasteiger partial charge < -0.3 is 0 Å². The third-order valence-electron chi connectivity index (χ3n) is 2.45. The summed E-state index contributed by atoms with van der Waals surface area (Å²) in [6.45, 7) is 0.556. The number of amides is 1. The standard InChI is InChI=1S/C11H16AsNO8/c1-7(15)13-20-12(18,21-19)11-5-9(16)3-2-8(11)4-10(17)6-14/h2-3,5,10,14,16-17,19H,4,6H2,1H3,(H,13,15). The van der Waals surface area contributed by atoms with Gasteiger partial charge in [0.25, 0.3) is 0 Å². The molecule has 0 aliphatic rings. The summed E-state index contributed by atoms with van der Waals surface area (Å²) in [5.41, 5.74) is 2.01. The molecule has 0 saturated heterocycles. The van der Waals surface area contributed by atoms with Gasteiger partial charge in [0.2, 0.25) is 0 Å². The van der Waals surface area contributed by atoms with Crippen LogP contribution in [0.5, 0.6) is 5.75 Å². The van der Waals surface area contributed by atoms with Crippen molar-refractivity contribution in [3.05, 3.63) is 23.8 Å². The van der Waals surface area contributed by atoms with Crippen LogP contribution in [0.4, 0.5) is 0 Å². The zero-order chi connectivity index (χ0) is 16.0. The molecule has 1 aromatic carbocycles. The van der Waals surface area contributed by atoms with Crippen LogP contribution in [-0.2, 0) is 22.7 Å². The SMILES string of the molecule is CC(=O)NO[As](=O)(OO)c1cc(O)ccc1CC(O)CO. The molecule has 0 aliphatic heterocycles. The quantitative estimate of drug-likeness (QED) is 0.221. The number of hydroxylamine groups is 1. The van der Waals surface area contributed by atoms with Gasteiger partial charge in [-0.2, -0.15) is 0 Å². The molecule has 0 radical (unpaired) electrons. The van der Waals surface area contributed by atoms with Crippen LogP contribution in [0.2, 0.25) is 0 Å². The molecular formula is C11H16AsNO8. The van der Waals surface area contributed by atoms with E-state index in [1.165, 1.54) is 12.1 Å². The van der Waals surface area contributed by atoms with Gasteiger partial charge in [-0.05, 0) is 0 Å². The zero-order valence-electron chi connectivity index (χ0n) is 11.1. The summed E-state index contributed by atoms with van der Waals surface area (Å²) in [6.07, 6.45) is -1.26. The van der Waals surface area contributed by atoms with Gasteiger partial charge in [-0.15, -0.1) is 0 Å². The molecule has 2 unspecified atom stereocenters. The molecule has 0 aromatic heterocycles. The predicted octanol–water partition coefficient (Wildman–Crippen LogP) is -1.58. The number of aliphatic hydroxyl groups is 2. The fraction of sp³-hybridized carbons (Fsp3) is 0.364. The van der Waals surface area contributed by atoms with E-state index in [0.717, 1.165) is 13.0 Å². The Hall–Kier alpha value is -1.35. The monoisotopic (exact) mass is 365 g/mol. The van der Waals surface area contributed by atoms with E-state index in [4.69, 9.17) is 10.4 Å². The Morgan fingerprint density at radius 1 is 1.48 bits per heavy atom. The number of hydrogen-bond donors (Lipinski definition) is 5.